The van der Waals surface area contributed by atoms with Crippen LogP contribution in [-0.2, 0) is 18.6 Å². The number of hydrogen-bond acceptors (Lipinski definition) is 4. The fraction of sp³-hybridized carbons (Fsp3) is 0.967. The highest BCUT2D eigenvalue weighted by atomic mass is 31.2. The second-order valence-corrected chi connectivity index (χ2v) is 13.6. The van der Waals surface area contributed by atoms with Crippen LogP contribution >= 0.6 is 7.60 Å². The van der Waals surface area contributed by atoms with E-state index < -0.39 is 7.60 Å². The third kappa shape index (κ3) is 25.4. The lowest BCUT2D eigenvalue weighted by Gasteiger charge is -2.15. The van der Waals surface area contributed by atoms with E-state index in [-0.39, 0.29) is 5.66 Å². The summed E-state index contributed by atoms with van der Waals surface area (Å²) in [6, 6.07) is 0. The van der Waals surface area contributed by atoms with Gasteiger partial charge in [-0.15, -0.1) is 0 Å². The van der Waals surface area contributed by atoms with Crippen LogP contribution in [0.15, 0.2) is 0 Å². The summed E-state index contributed by atoms with van der Waals surface area (Å²) in [5.74, 6) is 0.462. The lowest BCUT2D eigenvalue weighted by molar-refractivity contribution is -0.119. The fourth-order valence-electron chi connectivity index (χ4n) is 4.29. The Bertz CT molecular complexity index is 535. The van der Waals surface area contributed by atoms with Crippen LogP contribution in [0.25, 0.3) is 0 Å². The molecule has 5 nitrogen and oxygen atoms in total. The summed E-state index contributed by atoms with van der Waals surface area (Å²) in [6.45, 7) is 8.92. The van der Waals surface area contributed by atoms with Gasteiger partial charge in [0.25, 0.3) is 0 Å². The molecule has 36 heavy (non-hydrogen) atoms. The molecule has 0 rings (SSSR count). The van der Waals surface area contributed by atoms with Gasteiger partial charge in [-0.05, 0) is 39.5 Å². The van der Waals surface area contributed by atoms with E-state index in [4.69, 9.17) is 9.26 Å². The number of ketones is 1. The number of Topliss-reactive ketones (excluding diaryl/α,β-unsaturated/α-hetero) is 1. The van der Waals surface area contributed by atoms with Crippen molar-refractivity contribution < 1.29 is 23.5 Å². The van der Waals surface area contributed by atoms with E-state index >= 15 is 0 Å². The third-order valence-corrected chi connectivity index (χ3v) is 8.69. The lowest BCUT2D eigenvalue weighted by Crippen LogP contribution is -2.03. The Morgan fingerprint density at radius 3 is 1.28 bits per heavy atom. The Morgan fingerprint density at radius 2 is 0.917 bits per heavy atom. The van der Waals surface area contributed by atoms with Gasteiger partial charge < -0.3 is 14.2 Å². The van der Waals surface area contributed by atoms with Crippen LogP contribution in [0.3, 0.4) is 0 Å². The molecule has 1 unspecified atom stereocenters. The zero-order valence-electron chi connectivity index (χ0n) is 24.4. The molecule has 0 amide bonds. The Labute approximate surface area is 224 Å². The van der Waals surface area contributed by atoms with Crippen molar-refractivity contribution in [3.05, 3.63) is 0 Å². The predicted molar refractivity (Wildman–Crippen MR) is 154 cm³/mol. The third-order valence-electron chi connectivity index (χ3n) is 6.83. The lowest BCUT2D eigenvalue weighted by atomic mass is 10.0. The summed E-state index contributed by atoms with van der Waals surface area (Å²) in [4.78, 5) is 21.7. The van der Waals surface area contributed by atoms with Crippen molar-refractivity contribution in [2.24, 2.45) is 0 Å². The number of unbranched alkanes of at least 4 members (excludes halogenated alkanes) is 17. The standard InChI is InChI=1S/C30H61O5P/c1-28(2)34-26-22-18-14-10-6-5-8-12-16-20-24-30(31)25-21-17-13-9-7-11-15-19-23-27-35-36(32,33)29(3)4/h28-29H,5-27H2,1-4H3,(H,32,33). The van der Waals surface area contributed by atoms with E-state index in [1.54, 1.807) is 13.8 Å². The molecule has 0 radical (unpaired) electrons. The summed E-state index contributed by atoms with van der Waals surface area (Å²) >= 11 is 0. The Morgan fingerprint density at radius 1 is 0.583 bits per heavy atom. The van der Waals surface area contributed by atoms with Crippen LogP contribution in [0, 0.1) is 0 Å². The molecule has 216 valence electrons. The Kier molecular flexibility index (Phi) is 24.9. The minimum atomic E-state index is -3.40. The van der Waals surface area contributed by atoms with Crippen LogP contribution in [0.4, 0.5) is 0 Å². The van der Waals surface area contributed by atoms with Crippen molar-refractivity contribution >= 4 is 13.4 Å². The van der Waals surface area contributed by atoms with Gasteiger partial charge in [-0.3, -0.25) is 9.36 Å². The molecular formula is C30H61O5P. The zero-order valence-corrected chi connectivity index (χ0v) is 25.3. The maximum atomic E-state index is 12.1. The SMILES string of the molecule is CC(C)OCCCCCCCCCCCCC(=O)CCCCCCCCCCCOP(=O)(O)C(C)C. The van der Waals surface area contributed by atoms with Gasteiger partial charge in [0.2, 0.25) is 0 Å². The molecule has 0 saturated heterocycles. The molecular weight excluding hydrogens is 471 g/mol. The summed E-state index contributed by atoms with van der Waals surface area (Å²) in [7, 11) is -3.40. The Balaban J connectivity index is 3.25. The smallest absolute Gasteiger partial charge is 0.330 e. The number of hydrogen-bond donors (Lipinski definition) is 1. The van der Waals surface area contributed by atoms with E-state index in [0.717, 1.165) is 51.6 Å². The summed E-state index contributed by atoms with van der Waals surface area (Å²) in [6.07, 6.45) is 24.9. The van der Waals surface area contributed by atoms with E-state index in [1.807, 2.05) is 0 Å². The highest BCUT2D eigenvalue weighted by Crippen LogP contribution is 2.47. The molecule has 0 aromatic carbocycles. The van der Waals surface area contributed by atoms with Gasteiger partial charge in [0, 0.05) is 19.4 Å². The highest BCUT2D eigenvalue weighted by Gasteiger charge is 2.23. The van der Waals surface area contributed by atoms with E-state index in [9.17, 15) is 14.3 Å². The molecule has 0 aliphatic rings. The first kappa shape index (κ1) is 35.8. The molecule has 6 heteroatoms. The highest BCUT2D eigenvalue weighted by molar-refractivity contribution is 7.53. The maximum absolute atomic E-state index is 12.1. The number of rotatable bonds is 28. The second kappa shape index (κ2) is 25.1. The molecule has 0 heterocycles. The maximum Gasteiger partial charge on any atom is 0.330 e. The molecule has 1 N–H and O–H groups in total. The molecule has 1 atom stereocenters. The fourth-order valence-corrected chi connectivity index (χ4v) is 4.98. The Hall–Kier alpha value is -0.220. The van der Waals surface area contributed by atoms with Crippen molar-refractivity contribution in [3.8, 4) is 0 Å². The van der Waals surface area contributed by atoms with Crippen molar-refractivity contribution in [1.82, 2.24) is 0 Å². The van der Waals surface area contributed by atoms with Gasteiger partial charge in [-0.1, -0.05) is 110 Å². The normalized spacial score (nSPS) is 13.5. The van der Waals surface area contributed by atoms with Crippen LogP contribution < -0.4 is 0 Å². The first-order valence-electron chi connectivity index (χ1n) is 15.4. The van der Waals surface area contributed by atoms with Gasteiger partial charge in [0.15, 0.2) is 0 Å². The van der Waals surface area contributed by atoms with Gasteiger partial charge >= 0.3 is 7.60 Å². The average Bonchev–Trinajstić information content (AvgIpc) is 2.82. The van der Waals surface area contributed by atoms with Crippen molar-refractivity contribution in [2.45, 2.75) is 174 Å². The molecule has 0 spiro atoms. The molecule has 0 aliphatic heterocycles. The van der Waals surface area contributed by atoms with Crippen LogP contribution in [0.2, 0.25) is 0 Å². The summed E-state index contributed by atoms with van der Waals surface area (Å²) in [5.41, 5.74) is -0.325. The van der Waals surface area contributed by atoms with Crippen molar-refractivity contribution in [2.75, 3.05) is 13.2 Å². The van der Waals surface area contributed by atoms with Gasteiger partial charge in [0.1, 0.15) is 5.78 Å². The minimum Gasteiger partial charge on any atom is -0.379 e. The van der Waals surface area contributed by atoms with Crippen molar-refractivity contribution in [1.29, 1.82) is 0 Å². The van der Waals surface area contributed by atoms with Gasteiger partial charge in [0.05, 0.1) is 18.4 Å². The largest absolute Gasteiger partial charge is 0.379 e. The second-order valence-electron chi connectivity index (χ2n) is 11.2. The summed E-state index contributed by atoms with van der Waals surface area (Å²) in [5, 5.41) is 0. The van der Waals surface area contributed by atoms with Crippen LogP contribution in [0.5, 0.6) is 0 Å². The van der Waals surface area contributed by atoms with Gasteiger partial charge in [-0.2, -0.15) is 0 Å². The molecule has 0 bridgehead atoms. The zero-order chi connectivity index (χ0) is 26.9. The van der Waals surface area contributed by atoms with Crippen molar-refractivity contribution in [3.63, 3.8) is 0 Å². The van der Waals surface area contributed by atoms with Crippen LogP contribution in [-0.4, -0.2) is 35.7 Å². The number of ether oxygens (including phenoxy) is 1. The average molecular weight is 533 g/mol. The first-order valence-corrected chi connectivity index (χ1v) is 17.0. The van der Waals surface area contributed by atoms with Gasteiger partial charge in [-0.25, -0.2) is 0 Å². The molecule has 0 saturated carbocycles. The molecule has 0 fully saturated rings. The topological polar surface area (TPSA) is 72.8 Å². The molecule has 0 aliphatic carbocycles. The number of carbonyl (C=O) groups is 1. The van der Waals surface area contributed by atoms with E-state index in [0.29, 0.717) is 18.5 Å². The van der Waals surface area contributed by atoms with E-state index in [2.05, 4.69) is 13.8 Å². The predicted octanol–water partition coefficient (Wildman–Crippen LogP) is 9.78. The minimum absolute atomic E-state index is 0.325. The summed E-state index contributed by atoms with van der Waals surface area (Å²) < 4.78 is 22.4. The molecule has 0 aromatic heterocycles. The first-order chi connectivity index (χ1) is 17.3. The molecule has 0 aromatic rings. The van der Waals surface area contributed by atoms with E-state index in [1.165, 1.54) is 89.9 Å². The van der Waals surface area contributed by atoms with Crippen LogP contribution in [0.1, 0.15) is 163 Å². The number of carbonyl (C=O) groups excluding carboxylic acids is 1. The monoisotopic (exact) mass is 532 g/mol. The quantitative estimate of drug-likeness (QED) is 0.0802.